The predicted octanol–water partition coefficient (Wildman–Crippen LogP) is 2.78. The summed E-state index contributed by atoms with van der Waals surface area (Å²) in [5, 5.41) is 34.6. The molecular formula is C36H61N5O8. The summed E-state index contributed by atoms with van der Waals surface area (Å²) >= 11 is 0. The molecule has 0 saturated carbocycles. The van der Waals surface area contributed by atoms with E-state index in [1.807, 2.05) is 58.0 Å². The van der Waals surface area contributed by atoms with Crippen LogP contribution in [-0.4, -0.2) is 82.4 Å². The van der Waals surface area contributed by atoms with Crippen molar-refractivity contribution in [2.75, 3.05) is 6.61 Å². The van der Waals surface area contributed by atoms with Crippen LogP contribution < -0.4 is 26.6 Å². The summed E-state index contributed by atoms with van der Waals surface area (Å²) in [5.74, 6) is -3.18. The Morgan fingerprint density at radius 2 is 1.31 bits per heavy atom. The van der Waals surface area contributed by atoms with Crippen molar-refractivity contribution in [2.45, 2.75) is 131 Å². The van der Waals surface area contributed by atoms with Crippen LogP contribution in [0, 0.1) is 23.7 Å². The van der Waals surface area contributed by atoms with Crippen molar-refractivity contribution in [2.24, 2.45) is 23.7 Å². The lowest BCUT2D eigenvalue weighted by molar-refractivity contribution is -0.133. The maximum atomic E-state index is 13.5. The third-order valence-electron chi connectivity index (χ3n) is 7.79. The van der Waals surface area contributed by atoms with E-state index in [4.69, 9.17) is 4.74 Å². The minimum Gasteiger partial charge on any atom is -0.444 e. The molecule has 0 spiro atoms. The average molecular weight is 692 g/mol. The number of carbonyl (C=O) groups is 5. The predicted molar refractivity (Wildman–Crippen MR) is 188 cm³/mol. The van der Waals surface area contributed by atoms with E-state index in [9.17, 15) is 34.2 Å². The Labute approximate surface area is 292 Å². The second kappa shape index (κ2) is 20.7. The van der Waals surface area contributed by atoms with Gasteiger partial charge >= 0.3 is 6.09 Å². The van der Waals surface area contributed by atoms with Gasteiger partial charge in [-0.2, -0.15) is 0 Å². The SMILES string of the molecule is CC(C)C[C@H](NC(=O)[C@H](CCO)NC(=O)[C@@H](NC(=O)OC(C)(C)C)C(C)C)[C@@H](O)C[C@@H](C)C(=O)N[C@H](C(=O)NCc1ccccc1)C(C)C. The maximum Gasteiger partial charge on any atom is 0.408 e. The highest BCUT2D eigenvalue weighted by Gasteiger charge is 2.33. The van der Waals surface area contributed by atoms with E-state index in [-0.39, 0.29) is 36.5 Å². The fraction of sp³-hybridized carbons (Fsp3) is 0.694. The van der Waals surface area contributed by atoms with Crippen LogP contribution in [0.2, 0.25) is 0 Å². The first kappa shape index (κ1) is 43.3. The minimum absolute atomic E-state index is 0.00773. The molecule has 7 N–H and O–H groups in total. The third-order valence-corrected chi connectivity index (χ3v) is 7.79. The number of alkyl carbamates (subject to hydrolysis) is 1. The summed E-state index contributed by atoms with van der Waals surface area (Å²) in [4.78, 5) is 65.3. The van der Waals surface area contributed by atoms with Crippen molar-refractivity contribution in [3.05, 3.63) is 35.9 Å². The molecule has 5 amide bonds. The summed E-state index contributed by atoms with van der Waals surface area (Å²) in [6.07, 6.45) is -1.67. The first-order chi connectivity index (χ1) is 22.7. The van der Waals surface area contributed by atoms with Crippen LogP contribution in [-0.2, 0) is 30.5 Å². The number of carbonyl (C=O) groups excluding carboxylic acids is 5. The van der Waals surface area contributed by atoms with Crippen molar-refractivity contribution >= 4 is 29.7 Å². The van der Waals surface area contributed by atoms with Gasteiger partial charge in [0.2, 0.25) is 23.6 Å². The van der Waals surface area contributed by atoms with Gasteiger partial charge in [0.1, 0.15) is 23.7 Å². The number of aliphatic hydroxyl groups excluding tert-OH is 2. The average Bonchev–Trinajstić information content (AvgIpc) is 2.99. The van der Waals surface area contributed by atoms with Crippen molar-refractivity contribution in [3.8, 4) is 0 Å². The number of hydrogen-bond donors (Lipinski definition) is 7. The van der Waals surface area contributed by atoms with Crippen molar-refractivity contribution < 1.29 is 38.9 Å². The van der Waals surface area contributed by atoms with Crippen LogP contribution in [0.3, 0.4) is 0 Å². The Balaban J connectivity index is 2.96. The van der Waals surface area contributed by atoms with Crippen LogP contribution in [0.5, 0.6) is 0 Å². The van der Waals surface area contributed by atoms with Crippen LogP contribution in [0.15, 0.2) is 30.3 Å². The molecule has 0 fully saturated rings. The summed E-state index contributed by atoms with van der Waals surface area (Å²) in [6, 6.07) is 5.68. The Hall–Kier alpha value is -3.71. The van der Waals surface area contributed by atoms with Crippen LogP contribution >= 0.6 is 0 Å². The molecule has 49 heavy (non-hydrogen) atoms. The molecule has 0 aliphatic carbocycles. The number of hydrogen-bond acceptors (Lipinski definition) is 8. The summed E-state index contributed by atoms with van der Waals surface area (Å²) in [7, 11) is 0. The molecule has 1 aromatic rings. The second-order valence-corrected chi connectivity index (χ2v) is 14.8. The van der Waals surface area contributed by atoms with Gasteiger partial charge in [0.05, 0.1) is 12.1 Å². The molecule has 0 unspecified atom stereocenters. The molecule has 6 atom stereocenters. The Morgan fingerprint density at radius 1 is 0.735 bits per heavy atom. The highest BCUT2D eigenvalue weighted by Crippen LogP contribution is 2.17. The Bertz CT molecular complexity index is 1200. The highest BCUT2D eigenvalue weighted by atomic mass is 16.6. The van der Waals surface area contributed by atoms with Crippen LogP contribution in [0.25, 0.3) is 0 Å². The molecule has 0 saturated heterocycles. The van der Waals surface area contributed by atoms with E-state index in [1.165, 1.54) is 0 Å². The molecule has 0 bridgehead atoms. The Morgan fingerprint density at radius 3 is 1.82 bits per heavy atom. The van der Waals surface area contributed by atoms with E-state index >= 15 is 0 Å². The molecule has 1 aromatic carbocycles. The standard InChI is InChI=1S/C36H61N5O8/c1-21(2)18-27(39-32(45)26(16-17-42)38-34(47)30(23(5)6)41-35(48)49-36(8,9)10)28(43)19-24(7)31(44)40-29(22(3)4)33(46)37-20-25-14-12-11-13-15-25/h11-15,21-24,26-30,42-43H,16-20H2,1-10H3,(H,37,46)(H,38,47)(H,39,45)(H,40,44)(H,41,48)/t24-,26+,27+,28+,29+,30+/m1/s1. The molecule has 13 nitrogen and oxygen atoms in total. The molecular weight excluding hydrogens is 630 g/mol. The molecule has 0 aliphatic rings. The zero-order valence-corrected chi connectivity index (χ0v) is 31.0. The molecule has 0 heterocycles. The largest absolute Gasteiger partial charge is 0.444 e. The number of nitrogens with one attached hydrogen (secondary N) is 5. The molecule has 278 valence electrons. The molecule has 0 radical (unpaired) electrons. The van der Waals surface area contributed by atoms with E-state index in [1.54, 1.807) is 41.5 Å². The lowest BCUT2D eigenvalue weighted by Crippen LogP contribution is -2.58. The van der Waals surface area contributed by atoms with Crippen molar-refractivity contribution in [1.29, 1.82) is 0 Å². The lowest BCUT2D eigenvalue weighted by Gasteiger charge is -2.31. The molecule has 0 aromatic heterocycles. The fourth-order valence-electron chi connectivity index (χ4n) is 5.09. The first-order valence-corrected chi connectivity index (χ1v) is 17.3. The number of aliphatic hydroxyl groups is 2. The van der Waals surface area contributed by atoms with Gasteiger partial charge in [-0.3, -0.25) is 19.2 Å². The van der Waals surface area contributed by atoms with E-state index in [0.29, 0.717) is 13.0 Å². The van der Waals surface area contributed by atoms with Gasteiger partial charge in [-0.25, -0.2) is 4.79 Å². The minimum atomic E-state index is -1.16. The maximum absolute atomic E-state index is 13.5. The number of rotatable bonds is 19. The fourth-order valence-corrected chi connectivity index (χ4v) is 5.09. The summed E-state index contributed by atoms with van der Waals surface area (Å²) in [6.45, 7) is 17.6. The van der Waals surface area contributed by atoms with Crippen molar-refractivity contribution in [3.63, 3.8) is 0 Å². The number of benzene rings is 1. The second-order valence-electron chi connectivity index (χ2n) is 14.8. The van der Waals surface area contributed by atoms with E-state index in [0.717, 1.165) is 5.56 Å². The van der Waals surface area contributed by atoms with Gasteiger partial charge in [-0.1, -0.05) is 78.8 Å². The van der Waals surface area contributed by atoms with Crippen LogP contribution in [0.1, 0.15) is 94.1 Å². The molecule has 1 rings (SSSR count). The topological polar surface area (TPSA) is 195 Å². The van der Waals surface area contributed by atoms with E-state index < -0.39 is 72.2 Å². The summed E-state index contributed by atoms with van der Waals surface area (Å²) < 4.78 is 5.28. The van der Waals surface area contributed by atoms with Gasteiger partial charge < -0.3 is 41.5 Å². The smallest absolute Gasteiger partial charge is 0.408 e. The van der Waals surface area contributed by atoms with Gasteiger partial charge in [0.15, 0.2) is 0 Å². The Kier molecular flexibility index (Phi) is 18.3. The van der Waals surface area contributed by atoms with Gasteiger partial charge in [0.25, 0.3) is 0 Å². The molecule has 0 aliphatic heterocycles. The quantitative estimate of drug-likeness (QED) is 0.115. The zero-order chi connectivity index (χ0) is 37.5. The normalized spacial score (nSPS) is 15.4. The van der Waals surface area contributed by atoms with Gasteiger partial charge in [-0.05, 0) is 63.4 Å². The third kappa shape index (κ3) is 16.5. The van der Waals surface area contributed by atoms with Gasteiger partial charge in [0, 0.05) is 19.1 Å². The highest BCUT2D eigenvalue weighted by molar-refractivity contribution is 5.91. The van der Waals surface area contributed by atoms with Gasteiger partial charge in [-0.15, -0.1) is 0 Å². The van der Waals surface area contributed by atoms with Crippen LogP contribution in [0.4, 0.5) is 4.79 Å². The number of ether oxygens (including phenoxy) is 1. The first-order valence-electron chi connectivity index (χ1n) is 17.3. The van der Waals surface area contributed by atoms with Crippen molar-refractivity contribution in [1.82, 2.24) is 26.6 Å². The lowest BCUT2D eigenvalue weighted by atomic mass is 9.91. The summed E-state index contributed by atoms with van der Waals surface area (Å²) in [5.41, 5.74) is 0.150. The molecule has 13 heteroatoms. The monoisotopic (exact) mass is 691 g/mol. The zero-order valence-electron chi connectivity index (χ0n) is 31.0. The number of amides is 5. The van der Waals surface area contributed by atoms with E-state index in [2.05, 4.69) is 26.6 Å².